The average molecular weight is 288 g/mol. The standard InChI is InChI=1S/C10H12F3NO3.ClH/c1-17-7-3-2-5(4-6(7)15)8(14)9(16)10(11,12)13;/h2-4,8-9,15-16H,14H2,1H3;1H/t8-,9-;/m0./s1. The zero-order chi connectivity index (χ0) is 13.2. The first kappa shape index (κ1) is 16.8. The van der Waals surface area contributed by atoms with Crippen molar-refractivity contribution in [3.63, 3.8) is 0 Å². The summed E-state index contributed by atoms with van der Waals surface area (Å²) in [7, 11) is 1.30. The van der Waals surface area contributed by atoms with Crippen molar-refractivity contribution in [3.05, 3.63) is 23.8 Å². The quantitative estimate of drug-likeness (QED) is 0.791. The zero-order valence-corrected chi connectivity index (χ0v) is 10.1. The van der Waals surface area contributed by atoms with Gasteiger partial charge >= 0.3 is 6.18 Å². The Morgan fingerprint density at radius 2 is 1.89 bits per heavy atom. The highest BCUT2D eigenvalue weighted by Crippen LogP contribution is 2.33. The smallest absolute Gasteiger partial charge is 0.416 e. The number of phenolic OH excluding ortho intramolecular Hbond substituents is 1. The molecule has 0 aromatic heterocycles. The minimum Gasteiger partial charge on any atom is -0.504 e. The number of ether oxygens (including phenoxy) is 1. The Labute approximate surface area is 108 Å². The molecule has 0 unspecified atom stereocenters. The van der Waals surface area contributed by atoms with Gasteiger partial charge in [-0.25, -0.2) is 0 Å². The number of hydrogen-bond donors (Lipinski definition) is 3. The summed E-state index contributed by atoms with van der Waals surface area (Å²) in [5.74, 6) is -0.225. The van der Waals surface area contributed by atoms with Gasteiger partial charge in [-0.3, -0.25) is 0 Å². The molecule has 0 aliphatic carbocycles. The summed E-state index contributed by atoms with van der Waals surface area (Å²) in [5.41, 5.74) is 5.23. The summed E-state index contributed by atoms with van der Waals surface area (Å²) in [6, 6.07) is 1.89. The van der Waals surface area contributed by atoms with Crippen LogP contribution >= 0.6 is 12.4 Å². The van der Waals surface area contributed by atoms with Gasteiger partial charge in [0, 0.05) is 0 Å². The summed E-state index contributed by atoms with van der Waals surface area (Å²) in [6.07, 6.45) is -7.50. The van der Waals surface area contributed by atoms with Crippen molar-refractivity contribution < 1.29 is 28.1 Å². The molecule has 1 aromatic carbocycles. The number of alkyl halides is 3. The molecule has 2 atom stereocenters. The van der Waals surface area contributed by atoms with Crippen LogP contribution in [0.2, 0.25) is 0 Å². The highest BCUT2D eigenvalue weighted by atomic mass is 35.5. The van der Waals surface area contributed by atoms with E-state index in [-0.39, 0.29) is 29.5 Å². The van der Waals surface area contributed by atoms with Gasteiger partial charge in [-0.15, -0.1) is 12.4 Å². The van der Waals surface area contributed by atoms with E-state index in [9.17, 15) is 18.3 Å². The van der Waals surface area contributed by atoms with E-state index < -0.39 is 18.3 Å². The van der Waals surface area contributed by atoms with Gasteiger partial charge in [0.25, 0.3) is 0 Å². The fourth-order valence-corrected chi connectivity index (χ4v) is 1.30. The number of benzene rings is 1. The minimum atomic E-state index is -4.81. The fraction of sp³-hybridized carbons (Fsp3) is 0.400. The van der Waals surface area contributed by atoms with Gasteiger partial charge in [0.2, 0.25) is 0 Å². The van der Waals surface area contributed by atoms with E-state index in [1.54, 1.807) is 0 Å². The topological polar surface area (TPSA) is 75.7 Å². The number of aromatic hydroxyl groups is 1. The summed E-state index contributed by atoms with van der Waals surface area (Å²) in [4.78, 5) is 0. The van der Waals surface area contributed by atoms with E-state index in [0.29, 0.717) is 0 Å². The second kappa shape index (κ2) is 6.12. The molecular weight excluding hydrogens is 275 g/mol. The number of phenols is 1. The maximum Gasteiger partial charge on any atom is 0.416 e. The lowest BCUT2D eigenvalue weighted by atomic mass is 10.0. The van der Waals surface area contributed by atoms with Crippen LogP contribution in [0.1, 0.15) is 11.6 Å². The van der Waals surface area contributed by atoms with E-state index in [1.807, 2.05) is 0 Å². The van der Waals surface area contributed by atoms with Crippen LogP contribution in [0, 0.1) is 0 Å². The average Bonchev–Trinajstić information content (AvgIpc) is 2.25. The Morgan fingerprint density at radius 1 is 1.33 bits per heavy atom. The second-order valence-electron chi connectivity index (χ2n) is 3.44. The molecule has 0 bridgehead atoms. The molecule has 0 spiro atoms. The summed E-state index contributed by atoms with van der Waals surface area (Å²) >= 11 is 0. The molecule has 1 rings (SSSR count). The molecule has 0 fully saturated rings. The van der Waals surface area contributed by atoms with Gasteiger partial charge in [0.15, 0.2) is 17.6 Å². The molecule has 4 nitrogen and oxygen atoms in total. The monoisotopic (exact) mass is 287 g/mol. The molecule has 104 valence electrons. The SMILES string of the molecule is COc1ccc([C@H](N)[C@H](O)C(F)(F)F)cc1O.Cl. The van der Waals surface area contributed by atoms with E-state index in [2.05, 4.69) is 0 Å². The third-order valence-corrected chi connectivity index (χ3v) is 2.26. The van der Waals surface area contributed by atoms with Gasteiger partial charge in [-0.1, -0.05) is 6.07 Å². The first-order valence-electron chi connectivity index (χ1n) is 4.64. The predicted octanol–water partition coefficient (Wildman–Crippen LogP) is 1.75. The van der Waals surface area contributed by atoms with Crippen molar-refractivity contribution in [1.82, 2.24) is 0 Å². The van der Waals surface area contributed by atoms with Crippen molar-refractivity contribution in [3.8, 4) is 11.5 Å². The number of nitrogens with two attached hydrogens (primary N) is 1. The van der Waals surface area contributed by atoms with Crippen molar-refractivity contribution >= 4 is 12.4 Å². The molecule has 0 heterocycles. The normalized spacial score (nSPS) is 14.6. The van der Waals surface area contributed by atoms with Crippen LogP contribution in [-0.2, 0) is 0 Å². The molecule has 18 heavy (non-hydrogen) atoms. The van der Waals surface area contributed by atoms with Crippen LogP contribution in [0.15, 0.2) is 18.2 Å². The van der Waals surface area contributed by atoms with Gasteiger partial charge in [-0.2, -0.15) is 13.2 Å². The van der Waals surface area contributed by atoms with Crippen LogP contribution in [0.3, 0.4) is 0 Å². The molecule has 0 aliphatic heterocycles. The number of aliphatic hydroxyl groups excluding tert-OH is 1. The van der Waals surface area contributed by atoms with Crippen molar-refractivity contribution in [2.45, 2.75) is 18.3 Å². The summed E-state index contributed by atoms with van der Waals surface area (Å²) in [6.45, 7) is 0. The summed E-state index contributed by atoms with van der Waals surface area (Å²) < 4.78 is 41.4. The van der Waals surface area contributed by atoms with Gasteiger partial charge in [0.1, 0.15) is 0 Å². The highest BCUT2D eigenvalue weighted by molar-refractivity contribution is 5.85. The molecule has 8 heteroatoms. The van der Waals surface area contributed by atoms with Crippen molar-refractivity contribution in [1.29, 1.82) is 0 Å². The lowest BCUT2D eigenvalue weighted by Gasteiger charge is -2.21. The number of methoxy groups -OCH3 is 1. The maximum absolute atomic E-state index is 12.2. The lowest BCUT2D eigenvalue weighted by molar-refractivity contribution is -0.210. The van der Waals surface area contributed by atoms with E-state index in [0.717, 1.165) is 6.07 Å². The number of halogens is 4. The lowest BCUT2D eigenvalue weighted by Crippen LogP contribution is -2.38. The minimum absolute atomic E-state index is 0. The van der Waals surface area contributed by atoms with Gasteiger partial charge < -0.3 is 20.7 Å². The Hall–Kier alpha value is -1.18. The van der Waals surface area contributed by atoms with Crippen LogP contribution in [0.4, 0.5) is 13.2 Å². The van der Waals surface area contributed by atoms with Crippen LogP contribution < -0.4 is 10.5 Å². The van der Waals surface area contributed by atoms with Crippen molar-refractivity contribution in [2.24, 2.45) is 5.73 Å². The molecule has 0 saturated carbocycles. The van der Waals surface area contributed by atoms with Crippen LogP contribution in [0.25, 0.3) is 0 Å². The largest absolute Gasteiger partial charge is 0.504 e. The molecule has 0 amide bonds. The molecule has 0 saturated heterocycles. The zero-order valence-electron chi connectivity index (χ0n) is 9.31. The molecule has 1 aromatic rings. The number of aliphatic hydroxyl groups is 1. The second-order valence-corrected chi connectivity index (χ2v) is 3.44. The number of hydrogen-bond acceptors (Lipinski definition) is 4. The molecule has 4 N–H and O–H groups in total. The van der Waals surface area contributed by atoms with Gasteiger partial charge in [-0.05, 0) is 17.7 Å². The Kier molecular flexibility index (Phi) is 5.72. The summed E-state index contributed by atoms with van der Waals surface area (Å²) in [5, 5.41) is 18.3. The third kappa shape index (κ3) is 3.66. The maximum atomic E-state index is 12.2. The Bertz CT molecular complexity index is 400. The molecule has 0 aliphatic rings. The van der Waals surface area contributed by atoms with Crippen molar-refractivity contribution in [2.75, 3.05) is 7.11 Å². The van der Waals surface area contributed by atoms with Gasteiger partial charge in [0.05, 0.1) is 13.2 Å². The first-order valence-corrected chi connectivity index (χ1v) is 4.64. The molecule has 0 radical (unpaired) electrons. The Balaban J connectivity index is 0.00000289. The molecular formula is C10H13ClF3NO3. The van der Waals surface area contributed by atoms with E-state index in [1.165, 1.54) is 19.2 Å². The van der Waals surface area contributed by atoms with E-state index in [4.69, 9.17) is 15.6 Å². The predicted molar refractivity (Wildman–Crippen MR) is 60.9 cm³/mol. The Morgan fingerprint density at radius 3 is 2.28 bits per heavy atom. The first-order chi connectivity index (χ1) is 7.77. The number of rotatable bonds is 3. The van der Waals surface area contributed by atoms with Crippen LogP contribution in [0.5, 0.6) is 11.5 Å². The van der Waals surface area contributed by atoms with Crippen LogP contribution in [-0.4, -0.2) is 29.6 Å². The fourth-order valence-electron chi connectivity index (χ4n) is 1.30. The third-order valence-electron chi connectivity index (χ3n) is 2.26. The van der Waals surface area contributed by atoms with E-state index >= 15 is 0 Å². The highest BCUT2D eigenvalue weighted by Gasteiger charge is 2.42.